The minimum Gasteiger partial charge on any atom is -0.507 e. The number of phenolic OH excluding ortho intramolecular Hbond substituents is 2. The molecule has 5 rings (SSSR count). The summed E-state index contributed by atoms with van der Waals surface area (Å²) in [6.45, 7) is 1.37. The van der Waals surface area contributed by atoms with Gasteiger partial charge in [-0.15, -0.1) is 0 Å². The van der Waals surface area contributed by atoms with Gasteiger partial charge in [0.2, 0.25) is 12.0 Å². The van der Waals surface area contributed by atoms with E-state index in [0.717, 1.165) is 18.2 Å². The van der Waals surface area contributed by atoms with Crippen LogP contribution in [0.3, 0.4) is 0 Å². The highest BCUT2D eigenvalue weighted by Gasteiger charge is 2.52. The highest BCUT2D eigenvalue weighted by atomic mass is 16.8. The van der Waals surface area contributed by atoms with Crippen LogP contribution in [0, 0.1) is 0 Å². The summed E-state index contributed by atoms with van der Waals surface area (Å²) in [5, 5.41) is 82.2. The third-order valence-corrected chi connectivity index (χ3v) is 7.69. The molecule has 46 heavy (non-hydrogen) atoms. The molecule has 2 aliphatic rings. The van der Waals surface area contributed by atoms with Crippen molar-refractivity contribution in [3.63, 3.8) is 0 Å². The summed E-state index contributed by atoms with van der Waals surface area (Å²) < 4.78 is 38.4. The molecule has 0 bridgehead atoms. The van der Waals surface area contributed by atoms with Gasteiger partial charge in [-0.25, -0.2) is 4.79 Å². The van der Waals surface area contributed by atoms with Crippen LogP contribution in [-0.4, -0.2) is 122 Å². The van der Waals surface area contributed by atoms with E-state index < -0.39 is 78.6 Å². The Labute approximate surface area is 258 Å². The number of carboxylic acids is 1. The molecule has 3 aromatic rings. The van der Waals surface area contributed by atoms with Gasteiger partial charge in [0.15, 0.2) is 35.4 Å². The molecular weight excluding hydrogens is 620 g/mol. The molecule has 8 N–H and O–H groups in total. The van der Waals surface area contributed by atoms with Crippen molar-refractivity contribution >= 4 is 16.9 Å². The topological polar surface area (TPSA) is 264 Å². The number of ether oxygens (including phenoxy) is 6. The third kappa shape index (κ3) is 6.02. The van der Waals surface area contributed by atoms with Crippen molar-refractivity contribution < 1.29 is 78.5 Å². The fourth-order valence-electron chi connectivity index (χ4n) is 5.18. The predicted octanol–water partition coefficient (Wildman–Crippen LogP) is -0.989. The van der Waals surface area contributed by atoms with Crippen molar-refractivity contribution in [2.24, 2.45) is 0 Å². The highest BCUT2D eigenvalue weighted by molar-refractivity contribution is 5.86. The van der Waals surface area contributed by atoms with Crippen LogP contribution >= 0.6 is 0 Å². The Morgan fingerprint density at radius 2 is 1.46 bits per heavy atom. The van der Waals surface area contributed by atoms with Crippen molar-refractivity contribution in [3.8, 4) is 40.1 Å². The monoisotopic (exact) mass is 652 g/mol. The van der Waals surface area contributed by atoms with Gasteiger partial charge in [-0.2, -0.15) is 0 Å². The Morgan fingerprint density at radius 3 is 2.07 bits per heavy atom. The largest absolute Gasteiger partial charge is 0.507 e. The van der Waals surface area contributed by atoms with Crippen molar-refractivity contribution in [2.45, 2.75) is 68.3 Å². The maximum Gasteiger partial charge on any atom is 0.335 e. The fourth-order valence-corrected chi connectivity index (χ4v) is 5.18. The number of aliphatic carboxylic acids is 1. The van der Waals surface area contributed by atoms with Crippen LogP contribution in [0.5, 0.6) is 28.7 Å². The first-order chi connectivity index (χ1) is 21.7. The number of fused-ring (bicyclic) bond motifs is 1. The lowest BCUT2D eigenvalue weighted by atomic mass is 9.97. The van der Waals surface area contributed by atoms with Crippen LogP contribution in [0.2, 0.25) is 0 Å². The highest BCUT2D eigenvalue weighted by Crippen LogP contribution is 2.41. The smallest absolute Gasteiger partial charge is 0.335 e. The molecule has 1 aromatic heterocycles. The number of benzene rings is 2. The van der Waals surface area contributed by atoms with Gasteiger partial charge in [0, 0.05) is 23.8 Å². The van der Waals surface area contributed by atoms with Crippen molar-refractivity contribution in [1.82, 2.24) is 0 Å². The fraction of sp³-hybridized carbons (Fsp3) is 0.448. The van der Waals surface area contributed by atoms with E-state index >= 15 is 0 Å². The SMILES string of the molecule is COc1cc(-c2cc(=O)c3c(O)cc(O[C@H]4O[C@H](C(=O)O)[C@H](O)[C@H](O)[C@H]4O[C@@H]4O[C@@H](C)[C@@H](O)[C@@H](O)[C@H]4O)cc3o2)cc(OC)c1O. The summed E-state index contributed by atoms with van der Waals surface area (Å²) in [5.74, 6) is -2.89. The number of phenols is 2. The molecule has 3 heterocycles. The van der Waals surface area contributed by atoms with E-state index in [2.05, 4.69) is 0 Å². The number of hydrogen-bond acceptors (Lipinski definition) is 16. The van der Waals surface area contributed by atoms with Crippen molar-refractivity contribution in [2.75, 3.05) is 14.2 Å². The normalized spacial score (nSPS) is 31.4. The number of aromatic hydroxyl groups is 2. The van der Waals surface area contributed by atoms with Gasteiger partial charge in [-0.1, -0.05) is 0 Å². The number of hydrogen-bond donors (Lipinski definition) is 8. The average molecular weight is 653 g/mol. The first-order valence-electron chi connectivity index (χ1n) is 13.8. The molecule has 0 unspecified atom stereocenters. The second kappa shape index (κ2) is 12.9. The van der Waals surface area contributed by atoms with E-state index in [4.69, 9.17) is 32.8 Å². The van der Waals surface area contributed by atoms with Gasteiger partial charge in [-0.3, -0.25) is 4.79 Å². The molecule has 0 radical (unpaired) electrons. The number of methoxy groups -OCH3 is 2. The molecule has 250 valence electrons. The maximum atomic E-state index is 13.0. The number of aliphatic hydroxyl groups excluding tert-OH is 5. The van der Waals surface area contributed by atoms with E-state index in [9.17, 15) is 50.4 Å². The lowest BCUT2D eigenvalue weighted by molar-refractivity contribution is -0.351. The molecule has 0 saturated carbocycles. The minimum absolute atomic E-state index is 0.00901. The Bertz CT molecular complexity index is 1630. The van der Waals surface area contributed by atoms with Gasteiger partial charge in [0.05, 0.1) is 20.3 Å². The first kappa shape index (κ1) is 33.2. The lowest BCUT2D eigenvalue weighted by Gasteiger charge is -2.45. The number of aliphatic hydroxyl groups is 5. The van der Waals surface area contributed by atoms with Crippen LogP contribution in [0.1, 0.15) is 6.92 Å². The quantitative estimate of drug-likeness (QED) is 0.145. The summed E-state index contributed by atoms with van der Waals surface area (Å²) in [6.07, 6.45) is -17.6. The van der Waals surface area contributed by atoms with E-state index in [1.165, 1.54) is 33.3 Å². The van der Waals surface area contributed by atoms with E-state index in [1.807, 2.05) is 0 Å². The molecule has 0 aliphatic carbocycles. The molecule has 2 aromatic carbocycles. The number of rotatable bonds is 8. The Morgan fingerprint density at radius 1 is 0.804 bits per heavy atom. The average Bonchev–Trinajstić information content (AvgIpc) is 3.01. The van der Waals surface area contributed by atoms with Gasteiger partial charge < -0.3 is 73.7 Å². The predicted molar refractivity (Wildman–Crippen MR) is 151 cm³/mol. The lowest BCUT2D eigenvalue weighted by Crippen LogP contribution is -2.65. The van der Waals surface area contributed by atoms with Crippen LogP contribution in [0.4, 0.5) is 0 Å². The standard InChI is InChI=1S/C29H32O17/c1-9-19(32)21(34)24(37)28(42-9)46-26-23(36)22(35)25(27(38)39)45-29(26)43-11-6-12(30)18-13(31)8-14(44-15(18)7-11)10-4-16(40-2)20(33)17(5-10)41-3/h4-9,19,21-26,28-30,32-37H,1-3H3,(H,38,39)/t9-,19+,21+,22+,23-,24+,25-,26+,28-,29-/m0/s1. The number of carboxylic acid groups (broad SMARTS) is 1. The molecular formula is C29H32O17. The molecule has 2 fully saturated rings. The summed E-state index contributed by atoms with van der Waals surface area (Å²) in [4.78, 5) is 24.8. The van der Waals surface area contributed by atoms with Crippen molar-refractivity contribution in [1.29, 1.82) is 0 Å². The Kier molecular flexibility index (Phi) is 9.30. The molecule has 2 aliphatic heterocycles. The molecule has 0 amide bonds. The molecule has 17 heteroatoms. The van der Waals surface area contributed by atoms with E-state index in [-0.39, 0.29) is 45.3 Å². The van der Waals surface area contributed by atoms with Gasteiger partial charge in [0.1, 0.15) is 58.7 Å². The summed E-state index contributed by atoms with van der Waals surface area (Å²) in [5.41, 5.74) is -0.650. The van der Waals surface area contributed by atoms with E-state index in [0.29, 0.717) is 0 Å². The molecule has 2 saturated heterocycles. The van der Waals surface area contributed by atoms with Gasteiger partial charge in [0.25, 0.3) is 0 Å². The van der Waals surface area contributed by atoms with Crippen LogP contribution in [-0.2, 0) is 19.0 Å². The molecule has 0 spiro atoms. The third-order valence-electron chi connectivity index (χ3n) is 7.69. The van der Waals surface area contributed by atoms with Gasteiger partial charge >= 0.3 is 5.97 Å². The first-order valence-corrected chi connectivity index (χ1v) is 13.8. The number of carbonyl (C=O) groups is 1. The minimum atomic E-state index is -2.05. The second-order valence-corrected chi connectivity index (χ2v) is 10.7. The summed E-state index contributed by atoms with van der Waals surface area (Å²) in [7, 11) is 2.61. The Balaban J connectivity index is 1.52. The van der Waals surface area contributed by atoms with Crippen LogP contribution in [0.15, 0.2) is 39.5 Å². The van der Waals surface area contributed by atoms with Crippen molar-refractivity contribution in [3.05, 3.63) is 40.6 Å². The zero-order valence-corrected chi connectivity index (χ0v) is 24.4. The molecule has 17 nitrogen and oxygen atoms in total. The van der Waals surface area contributed by atoms with Crippen LogP contribution < -0.4 is 19.6 Å². The zero-order valence-electron chi connectivity index (χ0n) is 24.4. The summed E-state index contributed by atoms with van der Waals surface area (Å²) in [6, 6.07) is 5.96. The van der Waals surface area contributed by atoms with E-state index in [1.54, 1.807) is 0 Å². The zero-order chi connectivity index (χ0) is 33.6. The maximum absolute atomic E-state index is 13.0. The molecule has 10 atom stereocenters. The van der Waals surface area contributed by atoms with Gasteiger partial charge in [-0.05, 0) is 19.1 Å². The second-order valence-electron chi connectivity index (χ2n) is 10.7. The summed E-state index contributed by atoms with van der Waals surface area (Å²) >= 11 is 0. The Hall–Kier alpha value is -4.20. The van der Waals surface area contributed by atoms with Crippen LogP contribution in [0.25, 0.3) is 22.3 Å².